The van der Waals surface area contributed by atoms with Gasteiger partial charge in [0.2, 0.25) is 0 Å². The zero-order valence-corrected chi connectivity index (χ0v) is 14.6. The molecule has 0 bridgehead atoms. The minimum Gasteiger partial charge on any atom is -0.496 e. The topological polar surface area (TPSA) is 56.8 Å². The molecule has 0 saturated heterocycles. The second-order valence-corrected chi connectivity index (χ2v) is 5.46. The van der Waals surface area contributed by atoms with Gasteiger partial charge in [0.25, 0.3) is 5.91 Å². The van der Waals surface area contributed by atoms with Crippen molar-refractivity contribution in [2.75, 3.05) is 27.9 Å². The highest BCUT2D eigenvalue weighted by Gasteiger charge is 2.14. The standard InChI is InChI=1S/C18H20ClNO4/c1-22-14-10-16(23-2)15(17(11-14)24-3)7-8-20-18(21)12-5-4-6-13(19)9-12/h4-6,9-11H,7-8H2,1-3H3,(H,20,21). The summed E-state index contributed by atoms with van der Waals surface area (Å²) in [5, 5.41) is 3.39. The van der Waals surface area contributed by atoms with Gasteiger partial charge in [-0.2, -0.15) is 0 Å². The first-order chi connectivity index (χ1) is 11.6. The van der Waals surface area contributed by atoms with Crippen LogP contribution in [0.2, 0.25) is 5.02 Å². The molecule has 0 aliphatic rings. The second-order valence-electron chi connectivity index (χ2n) is 5.03. The van der Waals surface area contributed by atoms with Crippen LogP contribution < -0.4 is 19.5 Å². The van der Waals surface area contributed by atoms with E-state index >= 15 is 0 Å². The molecule has 2 aromatic carbocycles. The SMILES string of the molecule is COc1cc(OC)c(CCNC(=O)c2cccc(Cl)c2)c(OC)c1. The maximum Gasteiger partial charge on any atom is 0.251 e. The zero-order valence-electron chi connectivity index (χ0n) is 13.9. The molecule has 0 aliphatic heterocycles. The molecular formula is C18H20ClNO4. The van der Waals surface area contributed by atoms with E-state index in [4.69, 9.17) is 25.8 Å². The van der Waals surface area contributed by atoms with E-state index in [0.29, 0.717) is 40.8 Å². The van der Waals surface area contributed by atoms with E-state index in [0.717, 1.165) is 5.56 Å². The highest BCUT2D eigenvalue weighted by Crippen LogP contribution is 2.34. The first kappa shape index (κ1) is 17.9. The summed E-state index contributed by atoms with van der Waals surface area (Å²) in [4.78, 5) is 12.1. The quantitative estimate of drug-likeness (QED) is 0.833. The van der Waals surface area contributed by atoms with Crippen molar-refractivity contribution in [1.29, 1.82) is 0 Å². The van der Waals surface area contributed by atoms with Crippen molar-refractivity contribution in [3.05, 3.63) is 52.5 Å². The number of ether oxygens (including phenoxy) is 3. The van der Waals surface area contributed by atoms with Crippen LogP contribution in [0.3, 0.4) is 0 Å². The molecule has 0 fully saturated rings. The van der Waals surface area contributed by atoms with Gasteiger partial charge in [0, 0.05) is 34.8 Å². The molecule has 0 atom stereocenters. The number of nitrogens with one attached hydrogen (secondary N) is 1. The van der Waals surface area contributed by atoms with Crippen LogP contribution in [0.1, 0.15) is 15.9 Å². The molecule has 0 radical (unpaired) electrons. The number of methoxy groups -OCH3 is 3. The van der Waals surface area contributed by atoms with Crippen LogP contribution >= 0.6 is 11.6 Å². The van der Waals surface area contributed by atoms with Crippen LogP contribution in [0.5, 0.6) is 17.2 Å². The van der Waals surface area contributed by atoms with Gasteiger partial charge >= 0.3 is 0 Å². The van der Waals surface area contributed by atoms with Gasteiger partial charge in [0.05, 0.1) is 21.3 Å². The van der Waals surface area contributed by atoms with Gasteiger partial charge in [-0.15, -0.1) is 0 Å². The van der Waals surface area contributed by atoms with Crippen molar-refractivity contribution in [2.24, 2.45) is 0 Å². The third-order valence-corrected chi connectivity index (χ3v) is 3.80. The third kappa shape index (κ3) is 4.32. The number of hydrogen-bond donors (Lipinski definition) is 1. The molecule has 1 amide bonds. The lowest BCUT2D eigenvalue weighted by molar-refractivity contribution is 0.0954. The van der Waals surface area contributed by atoms with Crippen molar-refractivity contribution in [3.63, 3.8) is 0 Å². The maximum atomic E-state index is 12.1. The molecule has 0 aliphatic carbocycles. The number of carbonyl (C=O) groups is 1. The smallest absolute Gasteiger partial charge is 0.251 e. The summed E-state index contributed by atoms with van der Waals surface area (Å²) in [5.74, 6) is 1.78. The van der Waals surface area contributed by atoms with E-state index in [2.05, 4.69) is 5.32 Å². The molecule has 0 saturated carbocycles. The van der Waals surface area contributed by atoms with E-state index < -0.39 is 0 Å². The summed E-state index contributed by atoms with van der Waals surface area (Å²) in [6.45, 7) is 0.435. The maximum absolute atomic E-state index is 12.1. The molecule has 1 N–H and O–H groups in total. The van der Waals surface area contributed by atoms with E-state index in [1.807, 2.05) is 0 Å². The van der Waals surface area contributed by atoms with Crippen LogP contribution in [0.15, 0.2) is 36.4 Å². The number of rotatable bonds is 7. The fraction of sp³-hybridized carbons (Fsp3) is 0.278. The van der Waals surface area contributed by atoms with Crippen LogP contribution in [0.4, 0.5) is 0 Å². The van der Waals surface area contributed by atoms with Gasteiger partial charge in [-0.1, -0.05) is 17.7 Å². The van der Waals surface area contributed by atoms with Crippen molar-refractivity contribution in [1.82, 2.24) is 5.32 Å². The fourth-order valence-electron chi connectivity index (χ4n) is 2.36. The fourth-order valence-corrected chi connectivity index (χ4v) is 2.55. The second kappa shape index (κ2) is 8.45. The summed E-state index contributed by atoms with van der Waals surface area (Å²) in [7, 11) is 4.75. The minimum atomic E-state index is -0.177. The van der Waals surface area contributed by atoms with Crippen molar-refractivity contribution >= 4 is 17.5 Å². The van der Waals surface area contributed by atoms with Gasteiger partial charge in [0.15, 0.2) is 0 Å². The van der Waals surface area contributed by atoms with Gasteiger partial charge < -0.3 is 19.5 Å². The lowest BCUT2D eigenvalue weighted by Gasteiger charge is -2.15. The van der Waals surface area contributed by atoms with Crippen LogP contribution in [0, 0.1) is 0 Å². The van der Waals surface area contributed by atoms with E-state index in [1.54, 1.807) is 57.7 Å². The Kier molecular flexibility index (Phi) is 6.32. The highest BCUT2D eigenvalue weighted by atomic mass is 35.5. The molecule has 0 heterocycles. The normalized spacial score (nSPS) is 10.2. The van der Waals surface area contributed by atoms with Gasteiger partial charge in [-0.3, -0.25) is 4.79 Å². The average Bonchev–Trinajstić information content (AvgIpc) is 2.61. The molecule has 5 nitrogen and oxygen atoms in total. The molecule has 0 aromatic heterocycles. The zero-order chi connectivity index (χ0) is 17.5. The molecule has 6 heteroatoms. The lowest BCUT2D eigenvalue weighted by atomic mass is 10.1. The minimum absolute atomic E-state index is 0.177. The highest BCUT2D eigenvalue weighted by molar-refractivity contribution is 6.30. The number of amides is 1. The van der Waals surface area contributed by atoms with Gasteiger partial charge in [0.1, 0.15) is 17.2 Å². The number of carbonyl (C=O) groups excluding carboxylic acids is 1. The van der Waals surface area contributed by atoms with Crippen LogP contribution in [-0.4, -0.2) is 33.8 Å². The van der Waals surface area contributed by atoms with Crippen LogP contribution in [-0.2, 0) is 6.42 Å². The van der Waals surface area contributed by atoms with Crippen LogP contribution in [0.25, 0.3) is 0 Å². The molecule has 0 unspecified atom stereocenters. The Morgan fingerprint density at radius 2 is 1.71 bits per heavy atom. The van der Waals surface area contributed by atoms with Crippen molar-refractivity contribution < 1.29 is 19.0 Å². The molecule has 0 spiro atoms. The number of hydrogen-bond acceptors (Lipinski definition) is 4. The first-order valence-corrected chi connectivity index (χ1v) is 7.79. The average molecular weight is 350 g/mol. The van der Waals surface area contributed by atoms with Crippen molar-refractivity contribution in [2.45, 2.75) is 6.42 Å². The molecular weight excluding hydrogens is 330 g/mol. The Hall–Kier alpha value is -2.40. The monoisotopic (exact) mass is 349 g/mol. The summed E-state index contributed by atoms with van der Waals surface area (Å²) in [5.41, 5.74) is 1.39. The van der Waals surface area contributed by atoms with E-state index in [1.165, 1.54) is 0 Å². The number of benzene rings is 2. The summed E-state index contributed by atoms with van der Waals surface area (Å²) >= 11 is 5.90. The Bertz CT molecular complexity index is 693. The van der Waals surface area contributed by atoms with Gasteiger partial charge in [-0.25, -0.2) is 0 Å². The number of halogens is 1. The lowest BCUT2D eigenvalue weighted by Crippen LogP contribution is -2.25. The predicted octanol–water partition coefficient (Wildman–Crippen LogP) is 3.34. The third-order valence-electron chi connectivity index (χ3n) is 3.56. The molecule has 24 heavy (non-hydrogen) atoms. The molecule has 128 valence electrons. The Labute approximate surface area is 146 Å². The Balaban J connectivity index is 2.07. The largest absolute Gasteiger partial charge is 0.496 e. The first-order valence-electron chi connectivity index (χ1n) is 7.41. The summed E-state index contributed by atoms with van der Waals surface area (Å²) in [6.07, 6.45) is 0.558. The Morgan fingerprint density at radius 3 is 2.25 bits per heavy atom. The predicted molar refractivity (Wildman–Crippen MR) is 93.6 cm³/mol. The van der Waals surface area contributed by atoms with Gasteiger partial charge in [-0.05, 0) is 24.6 Å². The van der Waals surface area contributed by atoms with E-state index in [9.17, 15) is 4.79 Å². The Morgan fingerprint density at radius 1 is 1.04 bits per heavy atom. The van der Waals surface area contributed by atoms with Crippen molar-refractivity contribution in [3.8, 4) is 17.2 Å². The summed E-state index contributed by atoms with van der Waals surface area (Å²) < 4.78 is 16.0. The molecule has 2 rings (SSSR count). The molecule has 2 aromatic rings. The van der Waals surface area contributed by atoms with E-state index in [-0.39, 0.29) is 5.91 Å². The summed E-state index contributed by atoms with van der Waals surface area (Å²) in [6, 6.07) is 10.4.